The molecule has 0 spiro atoms. The van der Waals surface area contributed by atoms with Crippen LogP contribution >= 0.6 is 11.3 Å². The fourth-order valence-electron chi connectivity index (χ4n) is 5.47. The first-order valence-electron chi connectivity index (χ1n) is 12.6. The molecule has 2 aromatic heterocycles. The molecule has 0 N–H and O–H groups in total. The third-order valence-corrected chi connectivity index (χ3v) is 8.76. The van der Waals surface area contributed by atoms with Crippen LogP contribution in [0.25, 0.3) is 10.2 Å². The van der Waals surface area contributed by atoms with Crippen molar-refractivity contribution >= 4 is 33.3 Å². The van der Waals surface area contributed by atoms with Gasteiger partial charge in [-0.15, -0.1) is 11.3 Å². The Morgan fingerprint density at radius 2 is 1.83 bits per heavy atom. The monoisotopic (exact) mass is 493 g/mol. The lowest BCUT2D eigenvalue weighted by molar-refractivity contribution is -0.140. The molecule has 0 radical (unpaired) electrons. The fourth-order valence-corrected chi connectivity index (χ4v) is 6.46. The summed E-state index contributed by atoms with van der Waals surface area (Å²) in [6, 6.07) is 8.50. The standard InChI is InChI=1S/C27H35N5O2S/c1-18-15-30(16-21-5-7-23(34-4)8-6-21)13-14-32(18)27(33)22-9-11-31(12-10-22)25-24-19(2)20(3)35-26(24)29-17-28-25/h5-8,17-18,22H,9-16H2,1-4H3/t18-/m0/s1. The number of carbonyl (C=O) groups is 1. The van der Waals surface area contributed by atoms with Crippen molar-refractivity contribution in [3.63, 3.8) is 0 Å². The molecule has 4 heterocycles. The molecule has 186 valence electrons. The van der Waals surface area contributed by atoms with Crippen molar-refractivity contribution in [2.24, 2.45) is 5.92 Å². The van der Waals surface area contributed by atoms with Crippen LogP contribution < -0.4 is 9.64 Å². The van der Waals surface area contributed by atoms with Gasteiger partial charge in [-0.2, -0.15) is 0 Å². The Bertz CT molecular complexity index is 1190. The SMILES string of the molecule is COc1ccc(CN2CCN(C(=O)C3CCN(c4ncnc5sc(C)c(C)c45)CC3)[C@@H](C)C2)cc1. The van der Waals surface area contributed by atoms with E-state index in [-0.39, 0.29) is 12.0 Å². The van der Waals surface area contributed by atoms with Gasteiger partial charge in [0.2, 0.25) is 5.91 Å². The van der Waals surface area contributed by atoms with E-state index in [0.717, 1.165) is 68.5 Å². The van der Waals surface area contributed by atoms with Crippen LogP contribution in [0.5, 0.6) is 5.75 Å². The Balaban J connectivity index is 1.17. The number of hydrogen-bond acceptors (Lipinski definition) is 7. The lowest BCUT2D eigenvalue weighted by Gasteiger charge is -2.42. The largest absolute Gasteiger partial charge is 0.497 e. The van der Waals surface area contributed by atoms with Gasteiger partial charge in [0.1, 0.15) is 22.7 Å². The molecule has 1 amide bonds. The molecule has 1 atom stereocenters. The minimum atomic E-state index is 0.101. The van der Waals surface area contributed by atoms with E-state index >= 15 is 0 Å². The Morgan fingerprint density at radius 3 is 2.51 bits per heavy atom. The van der Waals surface area contributed by atoms with Gasteiger partial charge in [-0.1, -0.05) is 12.1 Å². The van der Waals surface area contributed by atoms with Gasteiger partial charge in [0.05, 0.1) is 12.5 Å². The Morgan fingerprint density at radius 1 is 1.09 bits per heavy atom. The van der Waals surface area contributed by atoms with Crippen LogP contribution in [0.3, 0.4) is 0 Å². The zero-order chi connectivity index (χ0) is 24.5. The molecular weight excluding hydrogens is 458 g/mol. The zero-order valence-corrected chi connectivity index (χ0v) is 22.0. The normalized spacial score (nSPS) is 19.9. The van der Waals surface area contributed by atoms with Crippen molar-refractivity contribution in [2.75, 3.05) is 44.7 Å². The molecule has 0 unspecified atom stereocenters. The van der Waals surface area contributed by atoms with Crippen LogP contribution in [0.2, 0.25) is 0 Å². The van der Waals surface area contributed by atoms with Crippen LogP contribution in [0.1, 0.15) is 35.8 Å². The molecule has 7 nitrogen and oxygen atoms in total. The van der Waals surface area contributed by atoms with Crippen molar-refractivity contribution < 1.29 is 9.53 Å². The second-order valence-electron chi connectivity index (χ2n) is 9.89. The van der Waals surface area contributed by atoms with E-state index in [0.29, 0.717) is 5.91 Å². The summed E-state index contributed by atoms with van der Waals surface area (Å²) in [5.74, 6) is 2.35. The van der Waals surface area contributed by atoms with Crippen LogP contribution in [-0.2, 0) is 11.3 Å². The van der Waals surface area contributed by atoms with E-state index in [9.17, 15) is 4.79 Å². The summed E-state index contributed by atoms with van der Waals surface area (Å²) >= 11 is 1.74. The molecular formula is C27H35N5O2S. The fraction of sp³-hybridized carbons (Fsp3) is 0.519. The van der Waals surface area contributed by atoms with Crippen molar-refractivity contribution in [3.8, 4) is 5.75 Å². The maximum Gasteiger partial charge on any atom is 0.226 e. The molecule has 2 aliphatic rings. The predicted molar refractivity (Wildman–Crippen MR) is 141 cm³/mol. The smallest absolute Gasteiger partial charge is 0.226 e. The second kappa shape index (κ2) is 10.1. The van der Waals surface area contributed by atoms with Crippen LogP contribution in [0, 0.1) is 19.8 Å². The first-order chi connectivity index (χ1) is 16.9. The zero-order valence-electron chi connectivity index (χ0n) is 21.2. The van der Waals surface area contributed by atoms with E-state index < -0.39 is 0 Å². The third kappa shape index (κ3) is 4.86. The number of amides is 1. The summed E-state index contributed by atoms with van der Waals surface area (Å²) in [5.41, 5.74) is 2.56. The number of anilines is 1. The molecule has 0 saturated carbocycles. The first kappa shape index (κ1) is 24.0. The molecule has 2 fully saturated rings. The van der Waals surface area contributed by atoms with Crippen molar-refractivity contribution in [1.29, 1.82) is 0 Å². The average Bonchev–Trinajstić information content (AvgIpc) is 3.17. The van der Waals surface area contributed by atoms with Gasteiger partial charge in [-0.05, 0) is 56.9 Å². The van der Waals surface area contributed by atoms with Crippen LogP contribution in [0.4, 0.5) is 5.82 Å². The van der Waals surface area contributed by atoms with Crippen molar-refractivity contribution in [1.82, 2.24) is 19.8 Å². The maximum absolute atomic E-state index is 13.5. The molecule has 35 heavy (non-hydrogen) atoms. The highest BCUT2D eigenvalue weighted by Crippen LogP contribution is 2.36. The van der Waals surface area contributed by atoms with Gasteiger partial charge in [0, 0.05) is 56.1 Å². The molecule has 1 aromatic carbocycles. The maximum atomic E-state index is 13.5. The Labute approximate surface area is 211 Å². The number of fused-ring (bicyclic) bond motifs is 1. The van der Waals surface area contributed by atoms with E-state index in [1.165, 1.54) is 21.4 Å². The number of methoxy groups -OCH3 is 1. The van der Waals surface area contributed by atoms with E-state index in [1.807, 2.05) is 12.1 Å². The number of hydrogen-bond donors (Lipinski definition) is 0. The van der Waals surface area contributed by atoms with Crippen molar-refractivity contribution in [2.45, 2.75) is 46.2 Å². The van der Waals surface area contributed by atoms with Gasteiger partial charge < -0.3 is 14.5 Å². The second-order valence-corrected chi connectivity index (χ2v) is 11.1. The number of benzene rings is 1. The minimum Gasteiger partial charge on any atom is -0.497 e. The highest BCUT2D eigenvalue weighted by Gasteiger charge is 2.34. The number of thiophene rings is 1. The van der Waals surface area contributed by atoms with Crippen LogP contribution in [-0.4, -0.2) is 71.6 Å². The Hall–Kier alpha value is -2.71. The van der Waals surface area contributed by atoms with Gasteiger partial charge in [-0.25, -0.2) is 9.97 Å². The third-order valence-electron chi connectivity index (χ3n) is 7.65. The summed E-state index contributed by atoms with van der Waals surface area (Å²) in [6.07, 6.45) is 3.44. The van der Waals surface area contributed by atoms with Gasteiger partial charge in [-0.3, -0.25) is 9.69 Å². The van der Waals surface area contributed by atoms with Gasteiger partial charge >= 0.3 is 0 Å². The number of carbonyl (C=O) groups excluding carboxylic acids is 1. The lowest BCUT2D eigenvalue weighted by atomic mass is 9.94. The Kier molecular flexibility index (Phi) is 6.93. The first-order valence-corrected chi connectivity index (χ1v) is 13.4. The van der Waals surface area contributed by atoms with Gasteiger partial charge in [0.15, 0.2) is 0 Å². The molecule has 5 rings (SSSR count). The number of rotatable bonds is 5. The molecule has 0 bridgehead atoms. The molecule has 8 heteroatoms. The number of ether oxygens (including phenoxy) is 1. The van der Waals surface area contributed by atoms with E-state index in [4.69, 9.17) is 4.74 Å². The number of piperazine rings is 1. The summed E-state index contributed by atoms with van der Waals surface area (Å²) in [5, 5.41) is 1.18. The lowest BCUT2D eigenvalue weighted by Crippen LogP contribution is -2.55. The number of nitrogens with zero attached hydrogens (tertiary/aromatic N) is 5. The average molecular weight is 494 g/mol. The summed E-state index contributed by atoms with van der Waals surface area (Å²) in [7, 11) is 1.69. The number of aromatic nitrogens is 2. The highest BCUT2D eigenvalue weighted by atomic mass is 32.1. The van der Waals surface area contributed by atoms with Gasteiger partial charge in [0.25, 0.3) is 0 Å². The van der Waals surface area contributed by atoms with E-state index in [1.54, 1.807) is 24.8 Å². The minimum absolute atomic E-state index is 0.101. The summed E-state index contributed by atoms with van der Waals surface area (Å²) in [4.78, 5) is 31.9. The molecule has 0 aliphatic carbocycles. The summed E-state index contributed by atoms with van der Waals surface area (Å²) in [6.45, 7) is 11.8. The predicted octanol–water partition coefficient (Wildman–Crippen LogP) is 4.27. The van der Waals surface area contributed by atoms with Crippen LogP contribution in [0.15, 0.2) is 30.6 Å². The molecule has 2 saturated heterocycles. The topological polar surface area (TPSA) is 61.8 Å². The number of piperidine rings is 1. The quantitative estimate of drug-likeness (QED) is 0.529. The molecule has 3 aromatic rings. The summed E-state index contributed by atoms with van der Waals surface area (Å²) < 4.78 is 5.26. The highest BCUT2D eigenvalue weighted by molar-refractivity contribution is 7.18. The van der Waals surface area contributed by atoms with E-state index in [2.05, 4.69) is 57.6 Å². The van der Waals surface area contributed by atoms with Crippen molar-refractivity contribution in [3.05, 3.63) is 46.6 Å². The molecule has 2 aliphatic heterocycles. The number of aryl methyl sites for hydroxylation is 2.